The molecule has 0 spiro atoms. The van der Waals surface area contributed by atoms with E-state index in [1.54, 1.807) is 11.0 Å². The number of hydrogen-bond donors (Lipinski definition) is 2. The minimum absolute atomic E-state index is 0.304. The number of phenolic OH excluding ortho intramolecular Hbond substituents is 1. The van der Waals surface area contributed by atoms with E-state index in [2.05, 4.69) is 35.3 Å². The van der Waals surface area contributed by atoms with E-state index in [9.17, 15) is 5.11 Å². The molecule has 22 heavy (non-hydrogen) atoms. The van der Waals surface area contributed by atoms with Gasteiger partial charge in [-0.25, -0.2) is 0 Å². The summed E-state index contributed by atoms with van der Waals surface area (Å²) in [6.45, 7) is 3.44. The molecule has 0 saturated carbocycles. The maximum Gasteiger partial charge on any atom is 0.124 e. The van der Waals surface area contributed by atoms with Gasteiger partial charge in [0.15, 0.2) is 0 Å². The van der Waals surface area contributed by atoms with Gasteiger partial charge in [0, 0.05) is 30.2 Å². The van der Waals surface area contributed by atoms with Crippen LogP contribution in [0.25, 0.3) is 0 Å². The van der Waals surface area contributed by atoms with Crippen molar-refractivity contribution in [2.75, 3.05) is 13.1 Å². The molecule has 0 amide bonds. The lowest BCUT2D eigenvalue weighted by molar-refractivity contribution is -0.918. The van der Waals surface area contributed by atoms with Crippen LogP contribution < -0.4 is 4.90 Å². The number of nitrogens with zero attached hydrogens (tertiary/aromatic N) is 1. The fourth-order valence-electron chi connectivity index (χ4n) is 3.00. The zero-order valence-electron chi connectivity index (χ0n) is 12.8. The van der Waals surface area contributed by atoms with Gasteiger partial charge in [-0.1, -0.05) is 42.5 Å². The van der Waals surface area contributed by atoms with Gasteiger partial charge in [0.05, 0.1) is 19.1 Å². The van der Waals surface area contributed by atoms with Gasteiger partial charge in [-0.15, -0.1) is 0 Å². The van der Waals surface area contributed by atoms with Crippen molar-refractivity contribution in [1.29, 1.82) is 0 Å². The average molecular weight is 295 g/mol. The molecule has 0 bridgehead atoms. The molecule has 114 valence electrons. The molecule has 2 aromatic carbocycles. The Bertz CT molecular complexity index is 616. The number of likely N-dealkylation sites (tertiary alicyclic amines) is 1. The summed E-state index contributed by atoms with van der Waals surface area (Å²) < 4.78 is 0. The lowest BCUT2D eigenvalue weighted by Crippen LogP contribution is -3.12. The number of aromatic hydroxyl groups is 1. The molecule has 1 saturated heterocycles. The number of hydrogen-bond acceptors (Lipinski definition) is 2. The van der Waals surface area contributed by atoms with E-state index in [-0.39, 0.29) is 0 Å². The Labute approximate surface area is 131 Å². The second-order valence-electron chi connectivity index (χ2n) is 5.98. The van der Waals surface area contributed by atoms with Crippen molar-refractivity contribution >= 4 is 6.21 Å². The lowest BCUT2D eigenvalue weighted by atomic mass is 10.0. The van der Waals surface area contributed by atoms with Crippen LogP contribution in [0.15, 0.2) is 59.6 Å². The molecule has 1 heterocycles. The van der Waals surface area contributed by atoms with Crippen molar-refractivity contribution in [2.45, 2.75) is 25.4 Å². The van der Waals surface area contributed by atoms with Crippen LogP contribution in [0.4, 0.5) is 0 Å². The highest BCUT2D eigenvalue weighted by molar-refractivity contribution is 5.83. The van der Waals surface area contributed by atoms with E-state index in [0.717, 1.165) is 38.0 Å². The molecule has 2 aromatic rings. The Morgan fingerprint density at radius 3 is 2.41 bits per heavy atom. The summed E-state index contributed by atoms with van der Waals surface area (Å²) in [5.74, 6) is 0.304. The minimum atomic E-state index is 0.304. The molecule has 1 aliphatic rings. The molecular weight excluding hydrogens is 272 g/mol. The van der Waals surface area contributed by atoms with Crippen molar-refractivity contribution in [3.63, 3.8) is 0 Å². The molecule has 0 aliphatic carbocycles. The molecule has 0 aromatic heterocycles. The first-order chi connectivity index (χ1) is 10.8. The predicted molar refractivity (Wildman–Crippen MR) is 89.6 cm³/mol. The van der Waals surface area contributed by atoms with Gasteiger partial charge < -0.3 is 10.0 Å². The highest BCUT2D eigenvalue weighted by Gasteiger charge is 2.21. The number of phenols is 1. The largest absolute Gasteiger partial charge is 0.507 e. The van der Waals surface area contributed by atoms with Gasteiger partial charge in [0.2, 0.25) is 0 Å². The lowest BCUT2D eigenvalue weighted by Gasteiger charge is -2.27. The number of rotatable bonds is 4. The molecule has 1 aliphatic heterocycles. The van der Waals surface area contributed by atoms with Gasteiger partial charge in [-0.05, 0) is 12.1 Å². The van der Waals surface area contributed by atoms with Crippen LogP contribution in [0.5, 0.6) is 5.75 Å². The van der Waals surface area contributed by atoms with Gasteiger partial charge in [0.1, 0.15) is 12.3 Å². The van der Waals surface area contributed by atoms with Crippen LogP contribution in [-0.2, 0) is 6.54 Å². The van der Waals surface area contributed by atoms with E-state index >= 15 is 0 Å². The first-order valence-electron chi connectivity index (χ1n) is 8.00. The van der Waals surface area contributed by atoms with Crippen molar-refractivity contribution in [1.82, 2.24) is 0 Å². The van der Waals surface area contributed by atoms with Crippen LogP contribution in [0.3, 0.4) is 0 Å². The maximum atomic E-state index is 9.75. The average Bonchev–Trinajstić information content (AvgIpc) is 2.56. The summed E-state index contributed by atoms with van der Waals surface area (Å²) in [5, 5.41) is 9.75. The number of quaternary nitrogens is 1. The summed E-state index contributed by atoms with van der Waals surface area (Å²) in [6.07, 6.45) is 4.06. The smallest absolute Gasteiger partial charge is 0.124 e. The second kappa shape index (κ2) is 7.23. The molecule has 0 unspecified atom stereocenters. The molecular formula is C19H23N2O+. The molecule has 3 heteroatoms. The summed E-state index contributed by atoms with van der Waals surface area (Å²) in [6, 6.07) is 18.4. The zero-order chi connectivity index (χ0) is 15.2. The topological polar surface area (TPSA) is 37.0 Å². The Balaban J connectivity index is 1.51. The molecule has 1 fully saturated rings. The third-order valence-corrected chi connectivity index (χ3v) is 4.32. The molecule has 2 N–H and O–H groups in total. The number of nitrogens with one attached hydrogen (secondary N) is 1. The molecule has 0 atom stereocenters. The van der Waals surface area contributed by atoms with E-state index in [0.29, 0.717) is 11.8 Å². The zero-order valence-corrected chi connectivity index (χ0v) is 12.8. The Morgan fingerprint density at radius 2 is 1.68 bits per heavy atom. The van der Waals surface area contributed by atoms with Crippen LogP contribution in [0.2, 0.25) is 0 Å². The van der Waals surface area contributed by atoms with Gasteiger partial charge in [0.25, 0.3) is 0 Å². The summed E-state index contributed by atoms with van der Waals surface area (Å²) in [5.41, 5.74) is 2.22. The summed E-state index contributed by atoms with van der Waals surface area (Å²) in [4.78, 5) is 6.30. The minimum Gasteiger partial charge on any atom is -0.507 e. The van der Waals surface area contributed by atoms with E-state index in [4.69, 9.17) is 0 Å². The highest BCUT2D eigenvalue weighted by Crippen LogP contribution is 2.14. The number of aliphatic imine (C=N–C) groups is 1. The van der Waals surface area contributed by atoms with Crippen LogP contribution in [0.1, 0.15) is 24.0 Å². The van der Waals surface area contributed by atoms with Crippen molar-refractivity contribution in [3.8, 4) is 5.75 Å². The van der Waals surface area contributed by atoms with Crippen molar-refractivity contribution in [3.05, 3.63) is 65.7 Å². The standard InChI is InChI=1S/C19H22N2O/c22-19-9-5-4-8-17(19)14-20-18-10-12-21(13-11-18)15-16-6-2-1-3-7-16/h1-9,14,18,22H,10-13,15H2/p+1. The normalized spacial score (nSPS) is 22.0. The maximum absolute atomic E-state index is 9.75. The van der Waals surface area contributed by atoms with Crippen LogP contribution >= 0.6 is 0 Å². The number of para-hydroxylation sites is 1. The fourth-order valence-corrected chi connectivity index (χ4v) is 3.00. The van der Waals surface area contributed by atoms with E-state index in [1.807, 2.05) is 24.4 Å². The van der Waals surface area contributed by atoms with Gasteiger partial charge in [-0.2, -0.15) is 0 Å². The monoisotopic (exact) mass is 295 g/mol. The van der Waals surface area contributed by atoms with Crippen LogP contribution in [0, 0.1) is 0 Å². The SMILES string of the molecule is Oc1ccccc1C=NC1CC[NH+](Cc2ccccc2)CC1. The second-order valence-corrected chi connectivity index (χ2v) is 5.98. The number of piperidine rings is 1. The Hall–Kier alpha value is -2.13. The molecule has 3 nitrogen and oxygen atoms in total. The third kappa shape index (κ3) is 3.95. The third-order valence-electron chi connectivity index (χ3n) is 4.32. The molecule has 3 rings (SSSR count). The summed E-state index contributed by atoms with van der Waals surface area (Å²) in [7, 11) is 0. The van der Waals surface area contributed by atoms with Gasteiger partial charge >= 0.3 is 0 Å². The molecule has 0 radical (unpaired) electrons. The fraction of sp³-hybridized carbons (Fsp3) is 0.316. The highest BCUT2D eigenvalue weighted by atomic mass is 16.3. The first-order valence-corrected chi connectivity index (χ1v) is 8.00. The van der Waals surface area contributed by atoms with Gasteiger partial charge in [-0.3, -0.25) is 4.99 Å². The first kappa shape index (κ1) is 14.8. The van der Waals surface area contributed by atoms with Crippen molar-refractivity contribution in [2.24, 2.45) is 4.99 Å². The Kier molecular flexibility index (Phi) is 4.86. The Morgan fingerprint density at radius 1 is 1.00 bits per heavy atom. The van der Waals surface area contributed by atoms with E-state index in [1.165, 1.54) is 5.56 Å². The quantitative estimate of drug-likeness (QED) is 0.832. The van der Waals surface area contributed by atoms with Crippen molar-refractivity contribution < 1.29 is 10.0 Å². The van der Waals surface area contributed by atoms with Crippen LogP contribution in [-0.4, -0.2) is 30.5 Å². The number of benzene rings is 2. The van der Waals surface area contributed by atoms with E-state index < -0.39 is 0 Å². The summed E-state index contributed by atoms with van der Waals surface area (Å²) >= 11 is 0. The predicted octanol–water partition coefficient (Wildman–Crippen LogP) is 2.06.